The minimum Gasteiger partial charge on any atom is -0.395 e. The smallest absolute Gasteiger partial charge is 0.0829 e. The highest BCUT2D eigenvalue weighted by molar-refractivity contribution is 4.79. The predicted octanol–water partition coefficient (Wildman–Crippen LogP) is -0.0469. The number of morpholine rings is 1. The van der Waals surface area contributed by atoms with Gasteiger partial charge in [0.1, 0.15) is 0 Å². The zero-order valence-corrected chi connectivity index (χ0v) is 13.1. The number of ether oxygens (including phenoxy) is 1. The van der Waals surface area contributed by atoms with Crippen LogP contribution in [0.5, 0.6) is 0 Å². The van der Waals surface area contributed by atoms with E-state index in [9.17, 15) is 0 Å². The topological polar surface area (TPSA) is 39.2 Å². The second-order valence-electron chi connectivity index (χ2n) is 6.51. The summed E-state index contributed by atoms with van der Waals surface area (Å²) in [6, 6.07) is 0. The van der Waals surface area contributed by atoms with Gasteiger partial charge in [-0.05, 0) is 5.92 Å². The van der Waals surface area contributed by atoms with Crippen LogP contribution in [0, 0.1) is 5.92 Å². The van der Waals surface area contributed by atoms with Gasteiger partial charge in [0, 0.05) is 58.9 Å². The molecule has 0 amide bonds. The van der Waals surface area contributed by atoms with Crippen molar-refractivity contribution < 1.29 is 9.84 Å². The Morgan fingerprint density at radius 1 is 1.05 bits per heavy atom. The van der Waals surface area contributed by atoms with Crippen molar-refractivity contribution in [2.45, 2.75) is 20.0 Å². The van der Waals surface area contributed by atoms with Gasteiger partial charge >= 0.3 is 0 Å². The summed E-state index contributed by atoms with van der Waals surface area (Å²) in [7, 11) is 0. The van der Waals surface area contributed by atoms with Crippen molar-refractivity contribution in [3.63, 3.8) is 0 Å². The number of nitrogens with zero attached hydrogens (tertiary/aromatic N) is 3. The van der Waals surface area contributed by atoms with Gasteiger partial charge in [-0.15, -0.1) is 0 Å². The molecule has 0 aliphatic carbocycles. The highest BCUT2D eigenvalue weighted by Crippen LogP contribution is 2.11. The van der Waals surface area contributed by atoms with Gasteiger partial charge < -0.3 is 9.84 Å². The van der Waals surface area contributed by atoms with E-state index in [1.54, 1.807) is 0 Å². The van der Waals surface area contributed by atoms with Gasteiger partial charge in [0.15, 0.2) is 0 Å². The molecule has 1 atom stereocenters. The third-order valence-electron chi connectivity index (χ3n) is 4.19. The maximum atomic E-state index is 8.97. The van der Waals surface area contributed by atoms with Crippen molar-refractivity contribution in [3.8, 4) is 0 Å². The van der Waals surface area contributed by atoms with Gasteiger partial charge in [-0.1, -0.05) is 13.8 Å². The molecule has 2 aliphatic rings. The lowest BCUT2D eigenvalue weighted by Gasteiger charge is -2.39. The van der Waals surface area contributed by atoms with Crippen LogP contribution in [-0.4, -0.2) is 98.0 Å². The molecule has 1 N–H and O–H groups in total. The van der Waals surface area contributed by atoms with E-state index in [1.165, 1.54) is 6.54 Å². The van der Waals surface area contributed by atoms with E-state index in [0.717, 1.165) is 64.9 Å². The molecule has 2 rings (SSSR count). The van der Waals surface area contributed by atoms with Crippen LogP contribution in [0.15, 0.2) is 0 Å². The lowest BCUT2D eigenvalue weighted by atomic mass is 10.1. The maximum absolute atomic E-state index is 8.97. The molecule has 0 radical (unpaired) electrons. The normalized spacial score (nSPS) is 27.3. The average molecular weight is 285 g/mol. The summed E-state index contributed by atoms with van der Waals surface area (Å²) in [6.45, 7) is 15.3. The first kappa shape index (κ1) is 16.2. The van der Waals surface area contributed by atoms with Gasteiger partial charge in [0.05, 0.1) is 19.3 Å². The molecule has 118 valence electrons. The Morgan fingerprint density at radius 3 is 2.40 bits per heavy atom. The molecular weight excluding hydrogens is 254 g/mol. The molecule has 0 aromatic carbocycles. The number of hydrogen-bond donors (Lipinski definition) is 1. The third-order valence-corrected chi connectivity index (χ3v) is 4.19. The fourth-order valence-electron chi connectivity index (χ4n) is 3.20. The number of rotatable bonds is 6. The monoisotopic (exact) mass is 285 g/mol. The minimum atomic E-state index is 0.274. The van der Waals surface area contributed by atoms with Crippen LogP contribution in [0.1, 0.15) is 13.8 Å². The Morgan fingerprint density at radius 2 is 1.75 bits per heavy atom. The van der Waals surface area contributed by atoms with Crippen LogP contribution in [0.25, 0.3) is 0 Å². The number of hydrogen-bond acceptors (Lipinski definition) is 5. The van der Waals surface area contributed by atoms with Gasteiger partial charge in [0.25, 0.3) is 0 Å². The summed E-state index contributed by atoms with van der Waals surface area (Å²) in [4.78, 5) is 7.39. The fraction of sp³-hybridized carbons (Fsp3) is 1.00. The van der Waals surface area contributed by atoms with E-state index in [4.69, 9.17) is 9.84 Å². The van der Waals surface area contributed by atoms with Crippen LogP contribution in [0.4, 0.5) is 0 Å². The minimum absolute atomic E-state index is 0.274. The summed E-state index contributed by atoms with van der Waals surface area (Å²) in [5.41, 5.74) is 0. The molecular formula is C15H31N3O2. The van der Waals surface area contributed by atoms with E-state index in [2.05, 4.69) is 28.5 Å². The predicted molar refractivity (Wildman–Crippen MR) is 81.0 cm³/mol. The zero-order valence-electron chi connectivity index (χ0n) is 13.1. The first-order chi connectivity index (χ1) is 9.67. The largest absolute Gasteiger partial charge is 0.395 e. The van der Waals surface area contributed by atoms with Gasteiger partial charge in [-0.25, -0.2) is 0 Å². The van der Waals surface area contributed by atoms with Crippen molar-refractivity contribution >= 4 is 0 Å². The standard InChI is InChI=1S/C15H31N3O2/c1-14(2)11-18-8-10-20-15(13-18)12-17-5-3-16(4-6-17)7-9-19/h14-15,19H,3-13H2,1-2H3. The third kappa shape index (κ3) is 5.30. The highest BCUT2D eigenvalue weighted by atomic mass is 16.5. The molecule has 2 saturated heterocycles. The molecule has 5 nitrogen and oxygen atoms in total. The Bertz CT molecular complexity index is 268. The van der Waals surface area contributed by atoms with E-state index in [0.29, 0.717) is 6.10 Å². The molecule has 5 heteroatoms. The van der Waals surface area contributed by atoms with Gasteiger partial charge in [-0.2, -0.15) is 0 Å². The van der Waals surface area contributed by atoms with E-state index in [1.807, 2.05) is 0 Å². The summed E-state index contributed by atoms with van der Waals surface area (Å²) in [5.74, 6) is 0.732. The Kier molecular flexibility index (Phi) is 6.71. The summed E-state index contributed by atoms with van der Waals surface area (Å²) in [5, 5.41) is 8.97. The quantitative estimate of drug-likeness (QED) is 0.741. The molecule has 2 aliphatic heterocycles. The summed E-state index contributed by atoms with van der Waals surface area (Å²) in [6.07, 6.45) is 0.367. The van der Waals surface area contributed by atoms with Crippen molar-refractivity contribution in [3.05, 3.63) is 0 Å². The SMILES string of the molecule is CC(C)CN1CCOC(CN2CCN(CCO)CC2)C1. The lowest BCUT2D eigenvalue weighted by Crippen LogP contribution is -2.53. The molecule has 0 aromatic rings. The van der Waals surface area contributed by atoms with Crippen LogP contribution in [0.3, 0.4) is 0 Å². The van der Waals surface area contributed by atoms with Crippen LogP contribution in [0.2, 0.25) is 0 Å². The molecule has 1 unspecified atom stereocenters. The van der Waals surface area contributed by atoms with E-state index < -0.39 is 0 Å². The Labute approximate surface area is 123 Å². The first-order valence-electron chi connectivity index (χ1n) is 8.07. The van der Waals surface area contributed by atoms with E-state index >= 15 is 0 Å². The molecule has 0 aromatic heterocycles. The average Bonchev–Trinajstić information content (AvgIpc) is 2.41. The van der Waals surface area contributed by atoms with Crippen LogP contribution >= 0.6 is 0 Å². The first-order valence-corrected chi connectivity index (χ1v) is 8.07. The molecule has 2 heterocycles. The Balaban J connectivity index is 1.68. The zero-order chi connectivity index (χ0) is 14.4. The van der Waals surface area contributed by atoms with Crippen LogP contribution < -0.4 is 0 Å². The van der Waals surface area contributed by atoms with Crippen molar-refractivity contribution in [1.82, 2.24) is 14.7 Å². The molecule has 0 bridgehead atoms. The number of aliphatic hydroxyl groups excluding tert-OH is 1. The Hall–Kier alpha value is -0.200. The van der Waals surface area contributed by atoms with Crippen molar-refractivity contribution in [1.29, 1.82) is 0 Å². The second-order valence-corrected chi connectivity index (χ2v) is 6.51. The molecule has 2 fully saturated rings. The van der Waals surface area contributed by atoms with Crippen LogP contribution in [-0.2, 0) is 4.74 Å². The molecule has 0 spiro atoms. The van der Waals surface area contributed by atoms with Crippen molar-refractivity contribution in [2.24, 2.45) is 5.92 Å². The van der Waals surface area contributed by atoms with Crippen molar-refractivity contribution in [2.75, 3.05) is 72.1 Å². The maximum Gasteiger partial charge on any atom is 0.0829 e. The fourth-order valence-corrected chi connectivity index (χ4v) is 3.20. The highest BCUT2D eigenvalue weighted by Gasteiger charge is 2.25. The van der Waals surface area contributed by atoms with Gasteiger partial charge in [-0.3, -0.25) is 14.7 Å². The molecule has 0 saturated carbocycles. The summed E-state index contributed by atoms with van der Waals surface area (Å²) >= 11 is 0. The number of aliphatic hydroxyl groups is 1. The van der Waals surface area contributed by atoms with Gasteiger partial charge in [0.2, 0.25) is 0 Å². The van der Waals surface area contributed by atoms with E-state index in [-0.39, 0.29) is 6.61 Å². The summed E-state index contributed by atoms with van der Waals surface area (Å²) < 4.78 is 5.93. The number of β-amino-alcohol motifs (C(OH)–C–C–N with tert-alkyl or cyclic N) is 1. The number of piperazine rings is 1. The lowest BCUT2D eigenvalue weighted by molar-refractivity contribution is -0.0509. The second kappa shape index (κ2) is 8.29. The molecule has 20 heavy (non-hydrogen) atoms.